The van der Waals surface area contributed by atoms with Gasteiger partial charge in [0.15, 0.2) is 6.39 Å². The lowest BCUT2D eigenvalue weighted by Crippen LogP contribution is -2.32. The van der Waals surface area contributed by atoms with Crippen LogP contribution in [-0.2, 0) is 17.6 Å². The number of benzene rings is 1. The Morgan fingerprint density at radius 3 is 2.62 bits per heavy atom. The van der Waals surface area contributed by atoms with Gasteiger partial charge in [0.1, 0.15) is 12.0 Å². The molecule has 2 aliphatic heterocycles. The van der Waals surface area contributed by atoms with E-state index in [1.54, 1.807) is 12.5 Å². The van der Waals surface area contributed by atoms with Crippen LogP contribution in [0.2, 0.25) is 0 Å². The standard InChI is InChI=1S/C19H15N3O2/c23-18-2-1-12-5-14(6-13-3-4-22(18)19(12)13)15-7-16(9-20-8-15)17-10-24-11-21-17/h5-11H,1-4H2. The molecule has 24 heavy (non-hydrogen) atoms. The SMILES string of the molecule is O=C1CCc2cc(-c3cncc(-c4cocn4)c3)cc3c2N1CC3. The fourth-order valence-electron chi connectivity index (χ4n) is 3.72. The van der Waals surface area contributed by atoms with Gasteiger partial charge in [0.2, 0.25) is 5.91 Å². The zero-order valence-corrected chi connectivity index (χ0v) is 13.0. The first-order valence-corrected chi connectivity index (χ1v) is 8.10. The average Bonchev–Trinajstić information content (AvgIpc) is 3.29. The summed E-state index contributed by atoms with van der Waals surface area (Å²) in [6.45, 7) is 0.807. The third-order valence-electron chi connectivity index (χ3n) is 4.85. The highest BCUT2D eigenvalue weighted by Crippen LogP contribution is 2.40. The van der Waals surface area contributed by atoms with Gasteiger partial charge in [-0.05, 0) is 47.7 Å². The summed E-state index contributed by atoms with van der Waals surface area (Å²) < 4.78 is 5.06. The molecule has 0 atom stereocenters. The molecule has 118 valence electrons. The van der Waals surface area contributed by atoms with Crippen LogP contribution in [0.4, 0.5) is 5.69 Å². The molecule has 0 saturated carbocycles. The zero-order valence-electron chi connectivity index (χ0n) is 13.0. The van der Waals surface area contributed by atoms with E-state index in [1.807, 2.05) is 11.1 Å². The third-order valence-corrected chi connectivity index (χ3v) is 4.85. The molecule has 0 fully saturated rings. The first-order chi connectivity index (χ1) is 11.8. The molecule has 0 spiro atoms. The van der Waals surface area contributed by atoms with Gasteiger partial charge in [0.25, 0.3) is 0 Å². The number of anilines is 1. The monoisotopic (exact) mass is 317 g/mol. The van der Waals surface area contributed by atoms with Gasteiger partial charge in [-0.15, -0.1) is 0 Å². The molecule has 2 aromatic heterocycles. The first-order valence-electron chi connectivity index (χ1n) is 8.10. The number of aryl methyl sites for hydroxylation is 1. The Kier molecular flexibility index (Phi) is 2.82. The van der Waals surface area contributed by atoms with E-state index in [2.05, 4.69) is 28.2 Å². The molecular weight excluding hydrogens is 302 g/mol. The van der Waals surface area contributed by atoms with E-state index in [1.165, 1.54) is 17.5 Å². The Morgan fingerprint density at radius 2 is 1.79 bits per heavy atom. The highest BCUT2D eigenvalue weighted by Gasteiger charge is 2.31. The fraction of sp³-hybridized carbons (Fsp3) is 0.211. The Morgan fingerprint density at radius 1 is 0.958 bits per heavy atom. The van der Waals surface area contributed by atoms with E-state index in [0.717, 1.165) is 47.5 Å². The van der Waals surface area contributed by atoms with Crippen LogP contribution < -0.4 is 4.90 Å². The van der Waals surface area contributed by atoms with Crippen molar-refractivity contribution in [2.75, 3.05) is 11.4 Å². The summed E-state index contributed by atoms with van der Waals surface area (Å²) in [6.07, 6.45) is 9.06. The number of oxazole rings is 1. The van der Waals surface area contributed by atoms with Gasteiger partial charge in [-0.3, -0.25) is 9.78 Å². The van der Waals surface area contributed by atoms with Gasteiger partial charge >= 0.3 is 0 Å². The van der Waals surface area contributed by atoms with Crippen molar-refractivity contribution in [2.24, 2.45) is 0 Å². The largest absolute Gasteiger partial charge is 0.451 e. The molecule has 2 aliphatic rings. The van der Waals surface area contributed by atoms with E-state index >= 15 is 0 Å². The number of nitrogens with zero attached hydrogens (tertiary/aromatic N) is 3. The van der Waals surface area contributed by atoms with Crippen molar-refractivity contribution in [3.8, 4) is 22.4 Å². The number of hydrogen-bond acceptors (Lipinski definition) is 4. The second kappa shape index (κ2) is 5.03. The molecule has 0 aliphatic carbocycles. The number of aromatic nitrogens is 2. The molecule has 5 nitrogen and oxygen atoms in total. The molecule has 4 heterocycles. The maximum atomic E-state index is 12.1. The zero-order chi connectivity index (χ0) is 16.1. The number of amides is 1. The van der Waals surface area contributed by atoms with Gasteiger partial charge in [0, 0.05) is 36.5 Å². The highest BCUT2D eigenvalue weighted by molar-refractivity contribution is 5.99. The minimum Gasteiger partial charge on any atom is -0.451 e. The minimum atomic E-state index is 0.253. The number of hydrogen-bond donors (Lipinski definition) is 0. The Hall–Kier alpha value is -2.95. The molecule has 0 radical (unpaired) electrons. The molecule has 1 amide bonds. The van der Waals surface area contributed by atoms with E-state index in [4.69, 9.17) is 4.42 Å². The first kappa shape index (κ1) is 13.5. The van der Waals surface area contributed by atoms with Crippen molar-refractivity contribution in [1.29, 1.82) is 0 Å². The Bertz CT molecular complexity index is 947. The minimum absolute atomic E-state index is 0.253. The molecule has 0 unspecified atom stereocenters. The molecule has 0 N–H and O–H groups in total. The van der Waals surface area contributed by atoms with Crippen LogP contribution in [0.5, 0.6) is 0 Å². The lowest BCUT2D eigenvalue weighted by atomic mass is 9.94. The summed E-state index contributed by atoms with van der Waals surface area (Å²) in [5.41, 5.74) is 7.61. The quantitative estimate of drug-likeness (QED) is 0.728. The van der Waals surface area contributed by atoms with Crippen LogP contribution in [-0.4, -0.2) is 22.4 Å². The number of carbonyl (C=O) groups excluding carboxylic acids is 1. The topological polar surface area (TPSA) is 59.2 Å². The summed E-state index contributed by atoms with van der Waals surface area (Å²) in [5.74, 6) is 0.253. The van der Waals surface area contributed by atoms with E-state index in [0.29, 0.717) is 6.42 Å². The van der Waals surface area contributed by atoms with Crippen LogP contribution in [0, 0.1) is 0 Å². The summed E-state index contributed by atoms with van der Waals surface area (Å²) in [6, 6.07) is 6.48. The molecule has 0 bridgehead atoms. The number of pyridine rings is 1. The molecule has 5 heteroatoms. The predicted molar refractivity (Wildman–Crippen MR) is 89.5 cm³/mol. The van der Waals surface area contributed by atoms with Crippen molar-refractivity contribution in [3.63, 3.8) is 0 Å². The van der Waals surface area contributed by atoms with Gasteiger partial charge in [-0.2, -0.15) is 0 Å². The number of rotatable bonds is 2. The van der Waals surface area contributed by atoms with Gasteiger partial charge in [-0.1, -0.05) is 0 Å². The predicted octanol–water partition coefficient (Wildman–Crippen LogP) is 3.24. The smallest absolute Gasteiger partial charge is 0.227 e. The van der Waals surface area contributed by atoms with E-state index in [-0.39, 0.29) is 5.91 Å². The third kappa shape index (κ3) is 1.98. The van der Waals surface area contributed by atoms with Crippen molar-refractivity contribution in [2.45, 2.75) is 19.3 Å². The Balaban J connectivity index is 1.62. The van der Waals surface area contributed by atoms with Gasteiger partial charge in [0.05, 0.1) is 5.69 Å². The highest BCUT2D eigenvalue weighted by atomic mass is 16.3. The second-order valence-corrected chi connectivity index (χ2v) is 6.27. The second-order valence-electron chi connectivity index (χ2n) is 6.27. The van der Waals surface area contributed by atoms with Crippen LogP contribution in [0.15, 0.2) is 47.7 Å². The van der Waals surface area contributed by atoms with E-state index in [9.17, 15) is 4.79 Å². The van der Waals surface area contributed by atoms with Crippen LogP contribution in [0.25, 0.3) is 22.4 Å². The lowest BCUT2D eigenvalue weighted by molar-refractivity contribution is -0.118. The molecule has 3 aromatic rings. The maximum Gasteiger partial charge on any atom is 0.227 e. The van der Waals surface area contributed by atoms with Crippen molar-refractivity contribution in [1.82, 2.24) is 9.97 Å². The summed E-state index contributed by atoms with van der Waals surface area (Å²) in [5, 5.41) is 0. The van der Waals surface area contributed by atoms with Crippen LogP contribution >= 0.6 is 0 Å². The van der Waals surface area contributed by atoms with E-state index < -0.39 is 0 Å². The van der Waals surface area contributed by atoms with Crippen molar-refractivity contribution < 1.29 is 9.21 Å². The maximum absolute atomic E-state index is 12.1. The van der Waals surface area contributed by atoms with Crippen LogP contribution in [0.1, 0.15) is 17.5 Å². The van der Waals surface area contributed by atoms with Gasteiger partial charge in [-0.25, -0.2) is 4.98 Å². The summed E-state index contributed by atoms with van der Waals surface area (Å²) in [4.78, 5) is 22.5. The van der Waals surface area contributed by atoms with Crippen LogP contribution in [0.3, 0.4) is 0 Å². The average molecular weight is 317 g/mol. The van der Waals surface area contributed by atoms with Crippen molar-refractivity contribution >= 4 is 11.6 Å². The Labute approximate surface area is 139 Å². The summed E-state index contributed by atoms with van der Waals surface area (Å²) in [7, 11) is 0. The molecule has 1 aromatic carbocycles. The van der Waals surface area contributed by atoms with Crippen molar-refractivity contribution in [3.05, 3.63) is 54.4 Å². The molecule has 0 saturated heterocycles. The molecular formula is C19H15N3O2. The number of carbonyl (C=O) groups is 1. The molecule has 5 rings (SSSR count). The van der Waals surface area contributed by atoms with Gasteiger partial charge < -0.3 is 9.32 Å². The summed E-state index contributed by atoms with van der Waals surface area (Å²) >= 11 is 0. The normalized spacial score (nSPS) is 15.7. The lowest BCUT2D eigenvalue weighted by Gasteiger charge is -2.25. The fourth-order valence-corrected chi connectivity index (χ4v) is 3.72.